The third kappa shape index (κ3) is 4.23. The molecule has 152 valence electrons. The molecule has 2 N–H and O–H groups in total. The molecule has 0 radical (unpaired) electrons. The van der Waals surface area contributed by atoms with Crippen molar-refractivity contribution in [2.75, 3.05) is 5.32 Å². The van der Waals surface area contributed by atoms with E-state index in [4.69, 9.17) is 0 Å². The summed E-state index contributed by atoms with van der Waals surface area (Å²) >= 11 is 1.38. The van der Waals surface area contributed by atoms with E-state index in [0.717, 1.165) is 27.9 Å². The highest BCUT2D eigenvalue weighted by Crippen LogP contribution is 2.26. The third-order valence-corrected chi connectivity index (χ3v) is 5.56. The van der Waals surface area contributed by atoms with Crippen molar-refractivity contribution in [3.63, 3.8) is 0 Å². The van der Waals surface area contributed by atoms with Gasteiger partial charge in [-0.15, -0.1) is 11.3 Å². The number of hydrogen-bond acceptors (Lipinski definition) is 5. The second kappa shape index (κ2) is 8.46. The number of amides is 2. The van der Waals surface area contributed by atoms with Crippen LogP contribution < -0.4 is 10.6 Å². The van der Waals surface area contributed by atoms with Crippen molar-refractivity contribution in [3.8, 4) is 11.3 Å². The summed E-state index contributed by atoms with van der Waals surface area (Å²) in [6.45, 7) is 3.83. The van der Waals surface area contributed by atoms with E-state index in [-0.39, 0.29) is 11.8 Å². The number of carbonyl (C=O) groups is 2. The maximum atomic E-state index is 12.7. The van der Waals surface area contributed by atoms with E-state index >= 15 is 0 Å². The van der Waals surface area contributed by atoms with Crippen LogP contribution in [0.2, 0.25) is 0 Å². The van der Waals surface area contributed by atoms with E-state index in [1.54, 1.807) is 6.33 Å². The number of carbonyl (C=O) groups excluding carboxylic acids is 2. The molecule has 7 nitrogen and oxygen atoms in total. The molecule has 1 atom stereocenters. The summed E-state index contributed by atoms with van der Waals surface area (Å²) in [4.78, 5) is 32.7. The normalized spacial score (nSPS) is 11.9. The molecule has 0 spiro atoms. The van der Waals surface area contributed by atoms with Gasteiger partial charge in [0, 0.05) is 24.4 Å². The van der Waals surface area contributed by atoms with Gasteiger partial charge in [-0.3, -0.25) is 9.59 Å². The highest BCUT2D eigenvalue weighted by atomic mass is 32.1. The Morgan fingerprint density at radius 1 is 1.13 bits per heavy atom. The van der Waals surface area contributed by atoms with Crippen LogP contribution in [0.1, 0.15) is 25.5 Å². The zero-order valence-electron chi connectivity index (χ0n) is 16.6. The quantitative estimate of drug-likeness (QED) is 0.494. The van der Waals surface area contributed by atoms with Crippen molar-refractivity contribution >= 4 is 39.3 Å². The number of fused-ring (bicyclic) bond motifs is 1. The number of aromatic nitrogens is 3. The van der Waals surface area contributed by atoms with E-state index < -0.39 is 6.04 Å². The Morgan fingerprint density at radius 2 is 1.90 bits per heavy atom. The Kier molecular flexibility index (Phi) is 5.58. The van der Waals surface area contributed by atoms with Crippen LogP contribution in [0.5, 0.6) is 0 Å². The highest BCUT2D eigenvalue weighted by molar-refractivity contribution is 7.14. The van der Waals surface area contributed by atoms with Gasteiger partial charge in [0.15, 0.2) is 5.13 Å². The van der Waals surface area contributed by atoms with E-state index in [1.807, 2.05) is 65.4 Å². The fourth-order valence-corrected chi connectivity index (χ4v) is 3.83. The van der Waals surface area contributed by atoms with Crippen molar-refractivity contribution in [2.45, 2.75) is 26.4 Å². The van der Waals surface area contributed by atoms with Crippen LogP contribution >= 0.6 is 11.3 Å². The zero-order chi connectivity index (χ0) is 21.1. The van der Waals surface area contributed by atoms with Gasteiger partial charge in [-0.25, -0.2) is 9.97 Å². The van der Waals surface area contributed by atoms with Crippen molar-refractivity contribution in [1.82, 2.24) is 19.9 Å². The van der Waals surface area contributed by atoms with Crippen molar-refractivity contribution in [1.29, 1.82) is 0 Å². The van der Waals surface area contributed by atoms with Gasteiger partial charge < -0.3 is 15.2 Å². The average molecular weight is 420 g/mol. The Balaban J connectivity index is 1.44. The summed E-state index contributed by atoms with van der Waals surface area (Å²) in [7, 11) is 0. The average Bonchev–Trinajstić information content (AvgIpc) is 3.39. The van der Waals surface area contributed by atoms with Crippen LogP contribution in [-0.2, 0) is 16.1 Å². The molecule has 0 aliphatic heterocycles. The van der Waals surface area contributed by atoms with Crippen molar-refractivity contribution in [3.05, 3.63) is 65.8 Å². The topological polar surface area (TPSA) is 88.9 Å². The Labute approximate surface area is 177 Å². The first-order chi connectivity index (χ1) is 14.5. The van der Waals surface area contributed by atoms with Gasteiger partial charge >= 0.3 is 0 Å². The third-order valence-electron chi connectivity index (χ3n) is 4.80. The minimum absolute atomic E-state index is 0.0584. The minimum Gasteiger partial charge on any atom is -0.352 e. The molecule has 8 heteroatoms. The smallest absolute Gasteiger partial charge is 0.248 e. The van der Waals surface area contributed by atoms with E-state index in [2.05, 4.69) is 20.6 Å². The first kappa shape index (κ1) is 19.8. The summed E-state index contributed by atoms with van der Waals surface area (Å²) < 4.78 is 1.85. The lowest BCUT2D eigenvalue weighted by Crippen LogP contribution is -2.23. The number of imidazole rings is 1. The maximum Gasteiger partial charge on any atom is 0.248 e. The lowest BCUT2D eigenvalue weighted by molar-refractivity contribution is -0.119. The molecular weight excluding hydrogens is 398 g/mol. The lowest BCUT2D eigenvalue weighted by atomic mass is 10.1. The summed E-state index contributed by atoms with van der Waals surface area (Å²) in [6, 6.07) is 15.1. The van der Waals surface area contributed by atoms with E-state index in [1.165, 1.54) is 18.3 Å². The molecule has 4 rings (SSSR count). The van der Waals surface area contributed by atoms with Gasteiger partial charge in [-0.05, 0) is 24.6 Å². The van der Waals surface area contributed by atoms with Gasteiger partial charge in [0.05, 0.1) is 23.1 Å². The number of rotatable bonds is 6. The molecule has 30 heavy (non-hydrogen) atoms. The molecule has 2 heterocycles. The van der Waals surface area contributed by atoms with Crippen molar-refractivity contribution in [2.24, 2.45) is 0 Å². The summed E-state index contributed by atoms with van der Waals surface area (Å²) in [5.74, 6) is -0.207. The molecule has 0 saturated heterocycles. The van der Waals surface area contributed by atoms with E-state index in [9.17, 15) is 9.59 Å². The molecule has 0 aliphatic carbocycles. The minimum atomic E-state index is -0.419. The standard InChI is InChI=1S/C22H21N5O2S/c1-14(27-13-24-18-5-3-4-6-20(18)27)21(29)26-22-25-19(12-30-22)17-9-7-16(8-10-17)11-23-15(2)28/h3-10,12-14H,11H2,1-2H3,(H,23,28)(H,25,26,29). The molecule has 0 aliphatic rings. The molecule has 2 amide bonds. The zero-order valence-corrected chi connectivity index (χ0v) is 17.4. The van der Waals surface area contributed by atoms with Gasteiger partial charge in [0.2, 0.25) is 11.8 Å². The number of nitrogens with one attached hydrogen (secondary N) is 2. The highest BCUT2D eigenvalue weighted by Gasteiger charge is 2.18. The Morgan fingerprint density at radius 3 is 2.67 bits per heavy atom. The van der Waals surface area contributed by atoms with Crippen LogP contribution in [0, 0.1) is 0 Å². The van der Waals surface area contributed by atoms with E-state index in [0.29, 0.717) is 11.7 Å². The van der Waals surface area contributed by atoms with Crippen LogP contribution in [0.25, 0.3) is 22.3 Å². The summed E-state index contributed by atoms with van der Waals surface area (Å²) in [6.07, 6.45) is 1.69. The molecular formula is C22H21N5O2S. The van der Waals surface area contributed by atoms with Crippen molar-refractivity contribution < 1.29 is 9.59 Å². The molecule has 0 saturated carbocycles. The molecule has 0 fully saturated rings. The van der Waals surface area contributed by atoms with Gasteiger partial charge in [0.25, 0.3) is 0 Å². The first-order valence-electron chi connectivity index (χ1n) is 9.53. The largest absolute Gasteiger partial charge is 0.352 e. The fourth-order valence-electron chi connectivity index (χ4n) is 3.11. The number of hydrogen-bond donors (Lipinski definition) is 2. The molecule has 2 aromatic heterocycles. The number of thiazole rings is 1. The molecule has 2 aromatic carbocycles. The Bertz CT molecular complexity index is 1200. The lowest BCUT2D eigenvalue weighted by Gasteiger charge is -2.13. The summed E-state index contributed by atoms with van der Waals surface area (Å²) in [5, 5.41) is 8.14. The first-order valence-corrected chi connectivity index (χ1v) is 10.4. The fraction of sp³-hybridized carbons (Fsp3) is 0.182. The molecule has 0 bridgehead atoms. The van der Waals surface area contributed by atoms with Gasteiger partial charge in [-0.2, -0.15) is 0 Å². The number of para-hydroxylation sites is 2. The van der Waals surface area contributed by atoms with Gasteiger partial charge in [0.1, 0.15) is 6.04 Å². The maximum absolute atomic E-state index is 12.7. The second-order valence-electron chi connectivity index (χ2n) is 6.95. The predicted octanol–water partition coefficient (Wildman–Crippen LogP) is 4.00. The number of nitrogens with zero attached hydrogens (tertiary/aromatic N) is 3. The molecule has 4 aromatic rings. The van der Waals surface area contributed by atoms with Crippen LogP contribution in [0.4, 0.5) is 5.13 Å². The summed E-state index contributed by atoms with van der Waals surface area (Å²) in [5.41, 5.74) is 4.53. The second-order valence-corrected chi connectivity index (χ2v) is 7.81. The van der Waals surface area contributed by atoms with Crippen LogP contribution in [0.15, 0.2) is 60.2 Å². The molecule has 1 unspecified atom stereocenters. The van der Waals surface area contributed by atoms with Crippen LogP contribution in [-0.4, -0.2) is 26.3 Å². The SMILES string of the molecule is CC(=O)NCc1ccc(-c2csc(NC(=O)C(C)n3cnc4ccccc43)n2)cc1. The van der Waals surface area contributed by atoms with Crippen LogP contribution in [0.3, 0.4) is 0 Å². The number of anilines is 1. The monoisotopic (exact) mass is 419 g/mol. The van der Waals surface area contributed by atoms with Gasteiger partial charge in [-0.1, -0.05) is 36.4 Å². The predicted molar refractivity (Wildman–Crippen MR) is 118 cm³/mol. The Hall–Kier alpha value is -3.52. The number of benzene rings is 2.